The van der Waals surface area contributed by atoms with Gasteiger partial charge in [0.15, 0.2) is 0 Å². The van der Waals surface area contributed by atoms with E-state index in [1.807, 2.05) is 6.92 Å². The second kappa shape index (κ2) is 4.49. The molecular weight excluding hydrogens is 186 g/mol. The largest absolute Gasteiger partial charge is 0.508 e. The SMILES string of the molecule is CCC(N)Cc1cc(Cl)ccc1O. The summed E-state index contributed by atoms with van der Waals surface area (Å²) in [5.74, 6) is 0.272. The quantitative estimate of drug-likeness (QED) is 0.785. The zero-order chi connectivity index (χ0) is 9.84. The molecule has 0 aliphatic rings. The molecule has 2 nitrogen and oxygen atoms in total. The summed E-state index contributed by atoms with van der Waals surface area (Å²) in [6.45, 7) is 2.02. The summed E-state index contributed by atoms with van der Waals surface area (Å²) in [5.41, 5.74) is 6.59. The van der Waals surface area contributed by atoms with Gasteiger partial charge in [-0.3, -0.25) is 0 Å². The molecule has 1 rings (SSSR count). The molecule has 0 heterocycles. The van der Waals surface area contributed by atoms with Crippen molar-refractivity contribution in [2.75, 3.05) is 0 Å². The number of phenolic OH excluding ortho intramolecular Hbond substituents is 1. The first-order chi connectivity index (χ1) is 6.13. The standard InChI is InChI=1S/C10H14ClNO/c1-2-9(12)6-7-5-8(11)3-4-10(7)13/h3-5,9,13H,2,6,12H2,1H3. The fraction of sp³-hybridized carbons (Fsp3) is 0.400. The van der Waals surface area contributed by atoms with E-state index in [2.05, 4.69) is 0 Å². The molecule has 0 aromatic heterocycles. The summed E-state index contributed by atoms with van der Waals surface area (Å²) < 4.78 is 0. The molecule has 3 heteroatoms. The predicted molar refractivity (Wildman–Crippen MR) is 55.1 cm³/mol. The van der Waals surface area contributed by atoms with Crippen LogP contribution in [0.5, 0.6) is 5.75 Å². The Bertz CT molecular complexity index is 288. The number of aromatic hydroxyl groups is 1. The van der Waals surface area contributed by atoms with Gasteiger partial charge in [0.05, 0.1) is 0 Å². The third kappa shape index (κ3) is 2.90. The van der Waals surface area contributed by atoms with Crippen LogP contribution in [0.15, 0.2) is 18.2 Å². The van der Waals surface area contributed by atoms with Crippen molar-refractivity contribution < 1.29 is 5.11 Å². The van der Waals surface area contributed by atoms with Crippen molar-refractivity contribution in [1.29, 1.82) is 0 Å². The lowest BCUT2D eigenvalue weighted by Gasteiger charge is -2.10. The first kappa shape index (κ1) is 10.4. The maximum Gasteiger partial charge on any atom is 0.118 e. The normalized spacial score (nSPS) is 12.8. The highest BCUT2D eigenvalue weighted by Gasteiger charge is 2.06. The number of phenols is 1. The van der Waals surface area contributed by atoms with Crippen LogP contribution in [0.3, 0.4) is 0 Å². The number of halogens is 1. The molecule has 72 valence electrons. The second-order valence-corrected chi connectivity index (χ2v) is 3.58. The van der Waals surface area contributed by atoms with Crippen LogP contribution in [0.4, 0.5) is 0 Å². The van der Waals surface area contributed by atoms with Gasteiger partial charge in [-0.05, 0) is 36.6 Å². The Hall–Kier alpha value is -0.730. The topological polar surface area (TPSA) is 46.2 Å². The smallest absolute Gasteiger partial charge is 0.118 e. The Balaban J connectivity index is 2.81. The lowest BCUT2D eigenvalue weighted by molar-refractivity contribution is 0.464. The van der Waals surface area contributed by atoms with E-state index in [9.17, 15) is 5.11 Å². The van der Waals surface area contributed by atoms with E-state index in [-0.39, 0.29) is 11.8 Å². The molecule has 0 radical (unpaired) electrons. The molecule has 0 saturated heterocycles. The van der Waals surface area contributed by atoms with E-state index >= 15 is 0 Å². The van der Waals surface area contributed by atoms with E-state index < -0.39 is 0 Å². The van der Waals surface area contributed by atoms with E-state index in [0.29, 0.717) is 11.4 Å². The Morgan fingerprint density at radius 3 is 2.85 bits per heavy atom. The van der Waals surface area contributed by atoms with Gasteiger partial charge in [-0.15, -0.1) is 0 Å². The molecular formula is C10H14ClNO. The number of rotatable bonds is 3. The van der Waals surface area contributed by atoms with Gasteiger partial charge in [0.25, 0.3) is 0 Å². The lowest BCUT2D eigenvalue weighted by atomic mass is 10.0. The van der Waals surface area contributed by atoms with E-state index in [1.165, 1.54) is 0 Å². The summed E-state index contributed by atoms with van der Waals surface area (Å²) >= 11 is 5.79. The Morgan fingerprint density at radius 1 is 1.54 bits per heavy atom. The van der Waals surface area contributed by atoms with E-state index in [0.717, 1.165) is 12.0 Å². The minimum absolute atomic E-state index is 0.0874. The van der Waals surface area contributed by atoms with Gasteiger partial charge in [0.2, 0.25) is 0 Å². The van der Waals surface area contributed by atoms with Crippen molar-refractivity contribution in [3.8, 4) is 5.75 Å². The van der Waals surface area contributed by atoms with Crippen LogP contribution in [0, 0.1) is 0 Å². The molecule has 13 heavy (non-hydrogen) atoms. The monoisotopic (exact) mass is 199 g/mol. The van der Waals surface area contributed by atoms with Crippen LogP contribution in [0.2, 0.25) is 5.02 Å². The molecule has 0 bridgehead atoms. The van der Waals surface area contributed by atoms with E-state index in [4.69, 9.17) is 17.3 Å². The van der Waals surface area contributed by atoms with Crippen LogP contribution in [-0.2, 0) is 6.42 Å². The molecule has 0 amide bonds. The van der Waals surface area contributed by atoms with Crippen LogP contribution >= 0.6 is 11.6 Å². The number of benzene rings is 1. The van der Waals surface area contributed by atoms with Crippen molar-refractivity contribution in [3.05, 3.63) is 28.8 Å². The molecule has 1 atom stereocenters. The van der Waals surface area contributed by atoms with Gasteiger partial charge in [0.1, 0.15) is 5.75 Å². The van der Waals surface area contributed by atoms with Crippen molar-refractivity contribution in [3.63, 3.8) is 0 Å². The van der Waals surface area contributed by atoms with Gasteiger partial charge in [0, 0.05) is 11.1 Å². The van der Waals surface area contributed by atoms with Gasteiger partial charge in [-0.1, -0.05) is 18.5 Å². The molecule has 1 aromatic rings. The van der Waals surface area contributed by atoms with Crippen molar-refractivity contribution in [1.82, 2.24) is 0 Å². The molecule has 0 fully saturated rings. The van der Waals surface area contributed by atoms with E-state index in [1.54, 1.807) is 18.2 Å². The van der Waals surface area contributed by atoms with Gasteiger partial charge >= 0.3 is 0 Å². The van der Waals surface area contributed by atoms with Gasteiger partial charge < -0.3 is 10.8 Å². The number of hydrogen-bond donors (Lipinski definition) is 2. The molecule has 1 aromatic carbocycles. The van der Waals surface area contributed by atoms with Crippen LogP contribution < -0.4 is 5.73 Å². The van der Waals surface area contributed by atoms with Crippen molar-refractivity contribution in [2.24, 2.45) is 5.73 Å². The summed E-state index contributed by atoms with van der Waals surface area (Å²) in [6.07, 6.45) is 1.56. The second-order valence-electron chi connectivity index (χ2n) is 3.15. The summed E-state index contributed by atoms with van der Waals surface area (Å²) in [4.78, 5) is 0. The molecule has 3 N–H and O–H groups in total. The molecule has 0 saturated carbocycles. The van der Waals surface area contributed by atoms with Crippen LogP contribution in [0.1, 0.15) is 18.9 Å². The minimum atomic E-state index is 0.0874. The highest BCUT2D eigenvalue weighted by atomic mass is 35.5. The maximum absolute atomic E-state index is 9.47. The van der Waals surface area contributed by atoms with Crippen molar-refractivity contribution in [2.45, 2.75) is 25.8 Å². The van der Waals surface area contributed by atoms with Crippen LogP contribution in [0.25, 0.3) is 0 Å². The fourth-order valence-electron chi connectivity index (χ4n) is 1.14. The molecule has 0 aliphatic heterocycles. The number of hydrogen-bond acceptors (Lipinski definition) is 2. The lowest BCUT2D eigenvalue weighted by Crippen LogP contribution is -2.21. The first-order valence-electron chi connectivity index (χ1n) is 4.36. The zero-order valence-corrected chi connectivity index (χ0v) is 8.38. The van der Waals surface area contributed by atoms with Gasteiger partial charge in [-0.2, -0.15) is 0 Å². The molecule has 0 aliphatic carbocycles. The maximum atomic E-state index is 9.47. The molecule has 0 spiro atoms. The fourth-order valence-corrected chi connectivity index (χ4v) is 1.34. The summed E-state index contributed by atoms with van der Waals surface area (Å²) in [6, 6.07) is 5.11. The Morgan fingerprint density at radius 2 is 2.23 bits per heavy atom. The average Bonchev–Trinajstić information content (AvgIpc) is 2.11. The summed E-state index contributed by atoms with van der Waals surface area (Å²) in [7, 11) is 0. The highest BCUT2D eigenvalue weighted by Crippen LogP contribution is 2.22. The minimum Gasteiger partial charge on any atom is -0.508 e. The average molecular weight is 200 g/mol. The Labute approximate surface area is 83.3 Å². The highest BCUT2D eigenvalue weighted by molar-refractivity contribution is 6.30. The third-order valence-electron chi connectivity index (χ3n) is 2.05. The summed E-state index contributed by atoms with van der Waals surface area (Å²) in [5, 5.41) is 10.1. The predicted octanol–water partition coefficient (Wildman–Crippen LogP) is 2.33. The Kier molecular flexibility index (Phi) is 3.58. The van der Waals surface area contributed by atoms with Crippen molar-refractivity contribution >= 4 is 11.6 Å². The van der Waals surface area contributed by atoms with Gasteiger partial charge in [-0.25, -0.2) is 0 Å². The molecule has 1 unspecified atom stereocenters. The number of nitrogens with two attached hydrogens (primary N) is 1. The third-order valence-corrected chi connectivity index (χ3v) is 2.28. The zero-order valence-electron chi connectivity index (χ0n) is 7.63. The first-order valence-corrected chi connectivity index (χ1v) is 4.74. The van der Waals surface area contributed by atoms with Crippen LogP contribution in [-0.4, -0.2) is 11.1 Å².